The summed E-state index contributed by atoms with van der Waals surface area (Å²) < 4.78 is 38.3. The first-order chi connectivity index (χ1) is 15.7. The lowest BCUT2D eigenvalue weighted by Crippen LogP contribution is -2.27. The molecule has 9 heteroatoms. The third-order valence-corrected chi connectivity index (χ3v) is 5.79. The first kappa shape index (κ1) is 22.5. The molecule has 0 aliphatic heterocycles. The van der Waals surface area contributed by atoms with Crippen molar-refractivity contribution in [3.63, 3.8) is 0 Å². The maximum absolute atomic E-state index is 13.2. The van der Waals surface area contributed by atoms with Crippen LogP contribution in [0.25, 0.3) is 16.9 Å². The lowest BCUT2D eigenvalue weighted by molar-refractivity contribution is -0.0502. The molecule has 1 aliphatic rings. The second-order valence-corrected chi connectivity index (χ2v) is 8.61. The molecule has 0 spiro atoms. The number of rotatable bonds is 8. The van der Waals surface area contributed by atoms with Gasteiger partial charge in [0.15, 0.2) is 0 Å². The maximum atomic E-state index is 13.2. The van der Waals surface area contributed by atoms with E-state index in [0.717, 1.165) is 18.4 Å². The van der Waals surface area contributed by atoms with Gasteiger partial charge in [0.1, 0.15) is 22.7 Å². The highest BCUT2D eigenvalue weighted by molar-refractivity contribution is 6.00. The van der Waals surface area contributed by atoms with E-state index in [2.05, 4.69) is 16.4 Å². The van der Waals surface area contributed by atoms with Crippen molar-refractivity contribution in [3.8, 4) is 28.8 Å². The highest BCUT2D eigenvalue weighted by Crippen LogP contribution is 2.37. The largest absolute Gasteiger partial charge is 0.496 e. The Hall–Kier alpha value is -3.67. The van der Waals surface area contributed by atoms with Gasteiger partial charge in [-0.2, -0.15) is 14.0 Å². The van der Waals surface area contributed by atoms with Crippen molar-refractivity contribution in [1.29, 1.82) is 5.26 Å². The maximum Gasteiger partial charge on any atom is 0.387 e. The summed E-state index contributed by atoms with van der Waals surface area (Å²) in [7, 11) is 1.37. The molecular formula is C24H24F2N4O3. The molecule has 1 aromatic carbocycles. The third kappa shape index (κ3) is 4.60. The van der Waals surface area contributed by atoms with E-state index in [0.29, 0.717) is 29.4 Å². The molecule has 0 saturated heterocycles. The van der Waals surface area contributed by atoms with E-state index in [-0.39, 0.29) is 17.1 Å². The number of aromatic nitrogens is 2. The SMILES string of the molecule is COc1cc(-c2cnc3cc(C(C)(C)C#N)ccn23)cc(OC(F)F)c1C(=O)NCC1CC1. The van der Waals surface area contributed by atoms with Crippen LogP contribution < -0.4 is 14.8 Å². The molecule has 1 amide bonds. The molecular weight excluding hydrogens is 430 g/mol. The molecule has 172 valence electrons. The predicted octanol–water partition coefficient (Wildman–Crippen LogP) is 4.55. The summed E-state index contributed by atoms with van der Waals surface area (Å²) in [4.78, 5) is 17.2. The van der Waals surface area contributed by atoms with E-state index in [4.69, 9.17) is 9.47 Å². The molecule has 1 aliphatic carbocycles. The number of carbonyl (C=O) groups is 1. The fourth-order valence-electron chi connectivity index (χ4n) is 3.61. The number of nitrogens with one attached hydrogen (secondary N) is 1. The summed E-state index contributed by atoms with van der Waals surface area (Å²) in [6.45, 7) is 0.994. The zero-order chi connectivity index (χ0) is 23.8. The monoisotopic (exact) mass is 454 g/mol. The Morgan fingerprint density at radius 1 is 1.33 bits per heavy atom. The molecule has 7 nitrogen and oxygen atoms in total. The molecule has 33 heavy (non-hydrogen) atoms. The number of methoxy groups -OCH3 is 1. The van der Waals surface area contributed by atoms with E-state index in [1.165, 1.54) is 13.2 Å². The number of alkyl halides is 2. The zero-order valence-electron chi connectivity index (χ0n) is 18.6. The number of carbonyl (C=O) groups excluding carboxylic acids is 1. The molecule has 0 radical (unpaired) electrons. The third-order valence-electron chi connectivity index (χ3n) is 5.79. The molecule has 0 atom stereocenters. The van der Waals surface area contributed by atoms with Crippen molar-refractivity contribution in [2.75, 3.05) is 13.7 Å². The summed E-state index contributed by atoms with van der Waals surface area (Å²) in [5.74, 6) is -0.256. The summed E-state index contributed by atoms with van der Waals surface area (Å²) >= 11 is 0. The number of hydrogen-bond donors (Lipinski definition) is 1. The number of pyridine rings is 1. The fourth-order valence-corrected chi connectivity index (χ4v) is 3.61. The summed E-state index contributed by atoms with van der Waals surface area (Å²) in [5.41, 5.74) is 1.71. The van der Waals surface area contributed by atoms with Gasteiger partial charge in [-0.25, -0.2) is 4.98 Å². The van der Waals surface area contributed by atoms with Gasteiger partial charge in [-0.05, 0) is 62.4 Å². The minimum absolute atomic E-state index is 0.0749. The normalized spacial score (nSPS) is 13.7. The fraction of sp³-hybridized carbons (Fsp3) is 0.375. The number of nitrogens with zero attached hydrogens (tertiary/aromatic N) is 3. The van der Waals surface area contributed by atoms with Crippen LogP contribution in [0.3, 0.4) is 0 Å². The van der Waals surface area contributed by atoms with Crippen molar-refractivity contribution in [1.82, 2.24) is 14.7 Å². The Labute approximate surface area is 189 Å². The Morgan fingerprint density at radius 2 is 2.06 bits per heavy atom. The molecule has 1 N–H and O–H groups in total. The average Bonchev–Trinajstić information content (AvgIpc) is 3.53. The summed E-state index contributed by atoms with van der Waals surface area (Å²) in [5, 5.41) is 12.2. The van der Waals surface area contributed by atoms with Gasteiger partial charge in [0.25, 0.3) is 5.91 Å². The Balaban J connectivity index is 1.78. The zero-order valence-corrected chi connectivity index (χ0v) is 18.6. The van der Waals surface area contributed by atoms with E-state index < -0.39 is 17.9 Å². The van der Waals surface area contributed by atoms with Crippen LogP contribution in [-0.2, 0) is 5.41 Å². The van der Waals surface area contributed by atoms with Crippen LogP contribution in [0, 0.1) is 17.2 Å². The lowest BCUT2D eigenvalue weighted by atomic mass is 9.87. The Kier molecular flexibility index (Phi) is 5.93. The number of benzene rings is 1. The number of ether oxygens (including phenoxy) is 2. The standard InChI is InChI=1S/C24H24F2N4O3/c1-24(2,13-27)16-6-7-30-17(12-28-20(30)10-16)15-8-18(32-3)21(19(9-15)33-23(25)26)22(31)29-11-14-4-5-14/h6-10,12,14,23H,4-5,11H2,1-3H3,(H,29,31). The van der Waals surface area contributed by atoms with Crippen LogP contribution in [0.15, 0.2) is 36.7 Å². The first-order valence-electron chi connectivity index (χ1n) is 10.6. The van der Waals surface area contributed by atoms with Crippen LogP contribution in [0.4, 0.5) is 8.78 Å². The van der Waals surface area contributed by atoms with Crippen LogP contribution in [-0.4, -0.2) is 35.6 Å². The van der Waals surface area contributed by atoms with Gasteiger partial charge in [-0.15, -0.1) is 0 Å². The van der Waals surface area contributed by atoms with E-state index in [1.807, 2.05) is 19.9 Å². The topological polar surface area (TPSA) is 88.7 Å². The number of fused-ring (bicyclic) bond motifs is 1. The van der Waals surface area contributed by atoms with E-state index in [1.54, 1.807) is 28.9 Å². The second kappa shape index (κ2) is 8.70. The van der Waals surface area contributed by atoms with Crippen LogP contribution in [0.5, 0.6) is 11.5 Å². The molecule has 2 heterocycles. The number of halogens is 2. The molecule has 4 rings (SSSR count). The highest BCUT2D eigenvalue weighted by atomic mass is 19.3. The number of nitriles is 1. The highest BCUT2D eigenvalue weighted by Gasteiger charge is 2.27. The van der Waals surface area contributed by atoms with Gasteiger partial charge in [0, 0.05) is 18.3 Å². The van der Waals surface area contributed by atoms with Gasteiger partial charge in [-0.1, -0.05) is 0 Å². The van der Waals surface area contributed by atoms with Crippen molar-refractivity contribution >= 4 is 11.6 Å². The van der Waals surface area contributed by atoms with Crippen molar-refractivity contribution in [2.24, 2.45) is 5.92 Å². The van der Waals surface area contributed by atoms with Gasteiger partial charge in [0.05, 0.1) is 30.5 Å². The summed E-state index contributed by atoms with van der Waals surface area (Å²) in [6.07, 6.45) is 5.44. The Bertz CT molecular complexity index is 1240. The van der Waals surface area contributed by atoms with Gasteiger partial charge < -0.3 is 14.8 Å². The molecule has 3 aromatic rings. The van der Waals surface area contributed by atoms with Gasteiger partial charge in [0.2, 0.25) is 0 Å². The van der Waals surface area contributed by atoms with Gasteiger partial charge in [-0.3, -0.25) is 9.20 Å². The molecule has 1 saturated carbocycles. The van der Waals surface area contributed by atoms with Gasteiger partial charge >= 0.3 is 6.61 Å². The van der Waals surface area contributed by atoms with Crippen LogP contribution in [0.2, 0.25) is 0 Å². The molecule has 2 aromatic heterocycles. The average molecular weight is 454 g/mol. The van der Waals surface area contributed by atoms with Crippen molar-refractivity contribution in [3.05, 3.63) is 47.8 Å². The van der Waals surface area contributed by atoms with E-state index in [9.17, 15) is 18.8 Å². The summed E-state index contributed by atoms with van der Waals surface area (Å²) in [6, 6.07) is 8.86. The number of amides is 1. The van der Waals surface area contributed by atoms with Crippen molar-refractivity contribution in [2.45, 2.75) is 38.7 Å². The quantitative estimate of drug-likeness (QED) is 0.539. The smallest absolute Gasteiger partial charge is 0.387 e. The lowest BCUT2D eigenvalue weighted by Gasteiger charge is -2.17. The van der Waals surface area contributed by atoms with E-state index >= 15 is 0 Å². The van der Waals surface area contributed by atoms with Crippen LogP contribution >= 0.6 is 0 Å². The molecule has 0 bridgehead atoms. The minimum atomic E-state index is -3.11. The Morgan fingerprint density at radius 3 is 2.70 bits per heavy atom. The second-order valence-electron chi connectivity index (χ2n) is 8.61. The number of imidazole rings is 1. The minimum Gasteiger partial charge on any atom is -0.496 e. The van der Waals surface area contributed by atoms with Crippen molar-refractivity contribution < 1.29 is 23.0 Å². The molecule has 0 unspecified atom stereocenters. The first-order valence-corrected chi connectivity index (χ1v) is 10.6. The number of hydrogen-bond acceptors (Lipinski definition) is 5. The van der Waals surface area contributed by atoms with Crippen LogP contribution in [0.1, 0.15) is 42.6 Å². The molecule has 1 fully saturated rings. The predicted molar refractivity (Wildman–Crippen MR) is 118 cm³/mol.